The Bertz CT molecular complexity index is 1360. The highest BCUT2D eigenvalue weighted by molar-refractivity contribution is 6.01. The van der Waals surface area contributed by atoms with Crippen molar-refractivity contribution in [2.45, 2.75) is 33.2 Å². The molecule has 1 aromatic heterocycles. The van der Waals surface area contributed by atoms with Crippen LogP contribution < -0.4 is 21.7 Å². The van der Waals surface area contributed by atoms with Gasteiger partial charge in [-0.2, -0.15) is 0 Å². The predicted octanol–water partition coefficient (Wildman–Crippen LogP) is 2.41. The summed E-state index contributed by atoms with van der Waals surface area (Å²) in [6.07, 6.45) is 0. The summed E-state index contributed by atoms with van der Waals surface area (Å²) >= 11 is 0. The first-order chi connectivity index (χ1) is 16.6. The van der Waals surface area contributed by atoms with Gasteiger partial charge in [-0.1, -0.05) is 50.2 Å². The Morgan fingerprint density at radius 1 is 1.03 bits per heavy atom. The summed E-state index contributed by atoms with van der Waals surface area (Å²) in [5.41, 5.74) is 7.12. The summed E-state index contributed by atoms with van der Waals surface area (Å²) in [5.74, 6) is -1.00. The second kappa shape index (κ2) is 10.9. The number of nitrogen functional groups attached to an aromatic ring is 1. The zero-order valence-electron chi connectivity index (χ0n) is 20.2. The van der Waals surface area contributed by atoms with Gasteiger partial charge in [0.2, 0.25) is 5.78 Å². The van der Waals surface area contributed by atoms with E-state index in [2.05, 4.69) is 13.8 Å². The minimum atomic E-state index is -0.852. The van der Waals surface area contributed by atoms with E-state index in [4.69, 9.17) is 15.2 Å². The third-order valence-electron chi connectivity index (χ3n) is 5.63. The highest BCUT2D eigenvalue weighted by Crippen LogP contribution is 2.23. The SMILES string of the molecule is Cc1cc(OCC(=O)OCC(=O)c2c(N)n(Cc3ccccc3)c(=O)n(C)c2=O)ccc1C(C)C. The van der Waals surface area contributed by atoms with Crippen LogP contribution in [0.5, 0.6) is 5.75 Å². The van der Waals surface area contributed by atoms with Crippen LogP contribution >= 0.6 is 0 Å². The molecule has 0 bridgehead atoms. The van der Waals surface area contributed by atoms with Crippen molar-refractivity contribution in [2.24, 2.45) is 7.05 Å². The molecule has 0 atom stereocenters. The van der Waals surface area contributed by atoms with Crippen LogP contribution in [-0.2, 0) is 23.1 Å². The number of aryl methyl sites for hydroxylation is 1. The van der Waals surface area contributed by atoms with Gasteiger partial charge >= 0.3 is 11.7 Å². The molecule has 1 heterocycles. The van der Waals surface area contributed by atoms with Crippen molar-refractivity contribution in [3.05, 3.63) is 91.6 Å². The topological polar surface area (TPSA) is 123 Å². The quantitative estimate of drug-likeness (QED) is 0.369. The summed E-state index contributed by atoms with van der Waals surface area (Å²) in [6, 6.07) is 14.5. The lowest BCUT2D eigenvalue weighted by Gasteiger charge is -2.15. The minimum absolute atomic E-state index is 0.0720. The lowest BCUT2D eigenvalue weighted by molar-refractivity contribution is -0.144. The lowest BCUT2D eigenvalue weighted by atomic mass is 9.98. The van der Waals surface area contributed by atoms with Crippen LogP contribution in [0.25, 0.3) is 0 Å². The van der Waals surface area contributed by atoms with Crippen LogP contribution in [0.4, 0.5) is 5.82 Å². The summed E-state index contributed by atoms with van der Waals surface area (Å²) < 4.78 is 12.4. The van der Waals surface area contributed by atoms with Crippen molar-refractivity contribution in [1.29, 1.82) is 0 Å². The monoisotopic (exact) mass is 479 g/mol. The molecule has 0 saturated heterocycles. The van der Waals surface area contributed by atoms with Crippen molar-refractivity contribution in [2.75, 3.05) is 18.9 Å². The number of ether oxygens (including phenoxy) is 2. The van der Waals surface area contributed by atoms with Crippen LogP contribution in [-0.4, -0.2) is 34.1 Å². The molecule has 0 unspecified atom stereocenters. The van der Waals surface area contributed by atoms with E-state index in [0.717, 1.165) is 20.3 Å². The molecule has 3 aromatic rings. The molecule has 0 amide bonds. The number of nitrogens with zero attached hydrogens (tertiary/aromatic N) is 2. The Morgan fingerprint density at radius 2 is 1.71 bits per heavy atom. The number of ketones is 1. The highest BCUT2D eigenvalue weighted by atomic mass is 16.6. The Hall–Kier alpha value is -4.14. The molecule has 0 aliphatic carbocycles. The second-order valence-electron chi connectivity index (χ2n) is 8.52. The molecule has 2 aromatic carbocycles. The number of benzene rings is 2. The van der Waals surface area contributed by atoms with Gasteiger partial charge in [0, 0.05) is 7.05 Å². The maximum atomic E-state index is 12.8. The van der Waals surface area contributed by atoms with E-state index < -0.39 is 41.8 Å². The number of esters is 1. The Morgan fingerprint density at radius 3 is 2.34 bits per heavy atom. The van der Waals surface area contributed by atoms with E-state index in [1.54, 1.807) is 30.3 Å². The fourth-order valence-electron chi connectivity index (χ4n) is 3.75. The number of rotatable bonds is 9. The van der Waals surface area contributed by atoms with Crippen LogP contribution in [0.15, 0.2) is 58.1 Å². The van der Waals surface area contributed by atoms with Crippen LogP contribution in [0.3, 0.4) is 0 Å². The van der Waals surface area contributed by atoms with Gasteiger partial charge in [0.1, 0.15) is 17.1 Å². The van der Waals surface area contributed by atoms with Crippen LogP contribution in [0.2, 0.25) is 0 Å². The molecule has 9 nitrogen and oxygen atoms in total. The Balaban J connectivity index is 1.69. The van der Waals surface area contributed by atoms with E-state index in [1.807, 2.05) is 25.1 Å². The number of hydrogen-bond donors (Lipinski definition) is 1. The molecular weight excluding hydrogens is 450 g/mol. The summed E-state index contributed by atoms with van der Waals surface area (Å²) in [6.45, 7) is 5.09. The number of carbonyl (C=O) groups excluding carboxylic acids is 2. The van der Waals surface area contributed by atoms with E-state index in [9.17, 15) is 19.2 Å². The number of Topliss-reactive ketones (excluding diaryl/α,β-unsaturated/α-hetero) is 1. The van der Waals surface area contributed by atoms with Gasteiger partial charge in [0.25, 0.3) is 5.56 Å². The van der Waals surface area contributed by atoms with Gasteiger partial charge in [-0.05, 0) is 41.7 Å². The average molecular weight is 480 g/mol. The van der Waals surface area contributed by atoms with E-state index >= 15 is 0 Å². The molecule has 0 radical (unpaired) electrons. The molecule has 0 saturated carbocycles. The van der Waals surface area contributed by atoms with E-state index in [-0.39, 0.29) is 12.4 Å². The third-order valence-corrected chi connectivity index (χ3v) is 5.63. The first-order valence-corrected chi connectivity index (χ1v) is 11.2. The van der Waals surface area contributed by atoms with Gasteiger partial charge < -0.3 is 15.2 Å². The molecule has 0 fully saturated rings. The Kier molecular flexibility index (Phi) is 7.91. The first-order valence-electron chi connectivity index (χ1n) is 11.2. The summed E-state index contributed by atoms with van der Waals surface area (Å²) in [4.78, 5) is 50.1. The zero-order valence-corrected chi connectivity index (χ0v) is 20.2. The van der Waals surface area contributed by atoms with Crippen molar-refractivity contribution < 1.29 is 19.1 Å². The first kappa shape index (κ1) is 25.5. The number of aromatic nitrogens is 2. The number of hydrogen-bond acceptors (Lipinski definition) is 7. The van der Waals surface area contributed by atoms with Gasteiger partial charge in [0.05, 0.1) is 6.54 Å². The molecule has 184 valence electrons. The van der Waals surface area contributed by atoms with Crippen molar-refractivity contribution in [3.8, 4) is 5.75 Å². The van der Waals surface area contributed by atoms with Crippen LogP contribution in [0, 0.1) is 6.92 Å². The fourth-order valence-corrected chi connectivity index (χ4v) is 3.75. The van der Waals surface area contributed by atoms with Gasteiger partial charge in [-0.15, -0.1) is 0 Å². The molecule has 0 aliphatic heterocycles. The molecule has 9 heteroatoms. The lowest BCUT2D eigenvalue weighted by Crippen LogP contribution is -2.43. The predicted molar refractivity (Wildman–Crippen MR) is 132 cm³/mol. The smallest absolute Gasteiger partial charge is 0.344 e. The molecule has 0 spiro atoms. The maximum Gasteiger partial charge on any atom is 0.344 e. The molecule has 0 aliphatic rings. The van der Waals surface area contributed by atoms with Crippen molar-refractivity contribution in [3.63, 3.8) is 0 Å². The third kappa shape index (κ3) is 5.87. The van der Waals surface area contributed by atoms with E-state index in [1.165, 1.54) is 12.6 Å². The zero-order chi connectivity index (χ0) is 25.7. The number of nitrogens with two attached hydrogens (primary N) is 1. The average Bonchev–Trinajstić information content (AvgIpc) is 2.83. The van der Waals surface area contributed by atoms with Crippen molar-refractivity contribution >= 4 is 17.6 Å². The number of anilines is 1. The normalized spacial score (nSPS) is 10.9. The fraction of sp³-hybridized carbons (Fsp3) is 0.308. The summed E-state index contributed by atoms with van der Waals surface area (Å²) in [7, 11) is 1.26. The molecular formula is C26H29N3O6. The van der Waals surface area contributed by atoms with Gasteiger partial charge in [-0.25, -0.2) is 9.59 Å². The molecule has 3 rings (SSSR count). The highest BCUT2D eigenvalue weighted by Gasteiger charge is 2.23. The minimum Gasteiger partial charge on any atom is -0.482 e. The molecule has 35 heavy (non-hydrogen) atoms. The second-order valence-corrected chi connectivity index (χ2v) is 8.52. The maximum absolute atomic E-state index is 12.8. The van der Waals surface area contributed by atoms with Crippen molar-refractivity contribution in [1.82, 2.24) is 9.13 Å². The van der Waals surface area contributed by atoms with Crippen LogP contribution in [0.1, 0.15) is 46.8 Å². The van der Waals surface area contributed by atoms with Gasteiger partial charge in [0.15, 0.2) is 13.2 Å². The number of carbonyl (C=O) groups is 2. The van der Waals surface area contributed by atoms with Gasteiger partial charge in [-0.3, -0.25) is 18.7 Å². The standard InChI is InChI=1S/C26H29N3O6/c1-16(2)20-11-10-19(12-17(20)3)34-15-22(31)35-14-21(30)23-24(27)29(26(33)28(4)25(23)32)13-18-8-6-5-7-9-18/h5-12,16H,13-15,27H2,1-4H3. The largest absolute Gasteiger partial charge is 0.482 e. The van der Waals surface area contributed by atoms with E-state index in [0.29, 0.717) is 11.7 Å². The Labute approximate surface area is 202 Å². The summed E-state index contributed by atoms with van der Waals surface area (Å²) in [5, 5.41) is 0. The molecule has 2 N–H and O–H groups in total.